The largest absolute Gasteiger partial charge is 0.324 e. The average Bonchev–Trinajstić information content (AvgIpc) is 2.74. The van der Waals surface area contributed by atoms with Crippen molar-refractivity contribution in [2.45, 2.75) is 25.2 Å². The van der Waals surface area contributed by atoms with Gasteiger partial charge < -0.3 is 5.32 Å². The van der Waals surface area contributed by atoms with Crippen LogP contribution in [0, 0.1) is 13.8 Å². The summed E-state index contributed by atoms with van der Waals surface area (Å²) >= 11 is 6.78. The minimum absolute atomic E-state index is 0.151. The monoisotopic (exact) mass is 578 g/mol. The van der Waals surface area contributed by atoms with Crippen molar-refractivity contribution in [3.8, 4) is 0 Å². The molecular weight excluding hydrogens is 556 g/mol. The highest BCUT2D eigenvalue weighted by atomic mass is 79.9. The van der Waals surface area contributed by atoms with Gasteiger partial charge in [0.2, 0.25) is 15.9 Å². The average molecular weight is 580 g/mol. The minimum Gasteiger partial charge on any atom is -0.324 e. The summed E-state index contributed by atoms with van der Waals surface area (Å²) in [7, 11) is -3.86. The van der Waals surface area contributed by atoms with Gasteiger partial charge in [-0.2, -0.15) is 4.31 Å². The van der Waals surface area contributed by atoms with Crippen molar-refractivity contribution in [2.24, 2.45) is 0 Å². The third-order valence-corrected chi connectivity index (χ3v) is 7.87. The van der Waals surface area contributed by atoms with Gasteiger partial charge >= 0.3 is 0 Å². The van der Waals surface area contributed by atoms with E-state index >= 15 is 0 Å². The molecular formula is C24H24Br2N2O3S. The Morgan fingerprint density at radius 1 is 0.906 bits per heavy atom. The van der Waals surface area contributed by atoms with Crippen molar-refractivity contribution in [3.63, 3.8) is 0 Å². The van der Waals surface area contributed by atoms with Gasteiger partial charge in [0.15, 0.2) is 0 Å². The maximum Gasteiger partial charge on any atom is 0.243 e. The number of amides is 1. The van der Waals surface area contributed by atoms with Gasteiger partial charge in [-0.15, -0.1) is 0 Å². The Morgan fingerprint density at radius 2 is 1.50 bits per heavy atom. The van der Waals surface area contributed by atoms with E-state index in [0.29, 0.717) is 12.1 Å². The molecule has 0 aliphatic heterocycles. The molecule has 0 aliphatic rings. The highest BCUT2D eigenvalue weighted by molar-refractivity contribution is 9.10. The molecule has 0 aromatic heterocycles. The van der Waals surface area contributed by atoms with Gasteiger partial charge in [-0.25, -0.2) is 8.42 Å². The van der Waals surface area contributed by atoms with E-state index in [1.54, 1.807) is 12.1 Å². The highest BCUT2D eigenvalue weighted by Crippen LogP contribution is 2.25. The first kappa shape index (κ1) is 24.6. The first-order valence-corrected chi connectivity index (χ1v) is 13.1. The van der Waals surface area contributed by atoms with Crippen LogP contribution in [0.15, 0.2) is 80.6 Å². The first-order valence-electron chi connectivity index (χ1n) is 10.0. The number of carbonyl (C=O) groups excluding carboxylic acids is 1. The van der Waals surface area contributed by atoms with Crippen LogP contribution < -0.4 is 5.32 Å². The zero-order chi connectivity index (χ0) is 23.3. The van der Waals surface area contributed by atoms with E-state index < -0.39 is 10.0 Å². The Balaban J connectivity index is 1.84. The lowest BCUT2D eigenvalue weighted by Gasteiger charge is -2.22. The summed E-state index contributed by atoms with van der Waals surface area (Å²) in [6, 6.07) is 19.9. The van der Waals surface area contributed by atoms with E-state index in [4.69, 9.17) is 0 Å². The molecule has 168 valence electrons. The van der Waals surface area contributed by atoms with E-state index in [9.17, 15) is 13.2 Å². The van der Waals surface area contributed by atoms with Crippen LogP contribution in [-0.4, -0.2) is 31.7 Å². The van der Waals surface area contributed by atoms with Crippen LogP contribution in [0.5, 0.6) is 0 Å². The van der Waals surface area contributed by atoms with Gasteiger partial charge in [0, 0.05) is 21.2 Å². The second-order valence-electron chi connectivity index (χ2n) is 7.49. The molecule has 3 rings (SSSR count). The van der Waals surface area contributed by atoms with E-state index in [2.05, 4.69) is 37.2 Å². The molecule has 32 heavy (non-hydrogen) atoms. The van der Waals surface area contributed by atoms with Crippen molar-refractivity contribution in [3.05, 3.63) is 92.4 Å². The summed E-state index contributed by atoms with van der Waals surface area (Å²) in [4.78, 5) is 13.1. The number of benzene rings is 3. The Kier molecular flexibility index (Phi) is 8.27. The zero-order valence-corrected chi connectivity index (χ0v) is 21.8. The second kappa shape index (κ2) is 10.7. The lowest BCUT2D eigenvalue weighted by atomic mass is 10.1. The van der Waals surface area contributed by atoms with Gasteiger partial charge in [-0.1, -0.05) is 62.2 Å². The van der Waals surface area contributed by atoms with Crippen molar-refractivity contribution >= 4 is 53.5 Å². The van der Waals surface area contributed by atoms with Crippen LogP contribution in [0.1, 0.15) is 16.7 Å². The summed E-state index contributed by atoms with van der Waals surface area (Å²) < 4.78 is 29.7. The first-order chi connectivity index (χ1) is 15.2. The molecule has 8 heteroatoms. The summed E-state index contributed by atoms with van der Waals surface area (Å²) in [5.74, 6) is -0.382. The number of aryl methyl sites for hydroxylation is 2. The third-order valence-electron chi connectivity index (χ3n) is 5.03. The minimum atomic E-state index is -3.86. The molecule has 0 saturated carbocycles. The molecule has 0 radical (unpaired) electrons. The maximum atomic E-state index is 13.4. The normalized spacial score (nSPS) is 11.5. The van der Waals surface area contributed by atoms with Crippen molar-refractivity contribution in [1.82, 2.24) is 4.31 Å². The molecule has 3 aromatic rings. The lowest BCUT2D eigenvalue weighted by Crippen LogP contribution is -2.39. The number of anilines is 1. The topological polar surface area (TPSA) is 66.5 Å². The summed E-state index contributed by atoms with van der Waals surface area (Å²) in [6.07, 6.45) is 0.500. The number of sulfonamides is 1. The number of hydrogen-bond donors (Lipinski definition) is 1. The lowest BCUT2D eigenvalue weighted by molar-refractivity contribution is -0.116. The Bertz CT molecular complexity index is 1170. The predicted molar refractivity (Wildman–Crippen MR) is 135 cm³/mol. The van der Waals surface area contributed by atoms with Gasteiger partial charge in [0.1, 0.15) is 0 Å². The zero-order valence-electron chi connectivity index (χ0n) is 17.8. The van der Waals surface area contributed by atoms with E-state index in [-0.39, 0.29) is 23.9 Å². The van der Waals surface area contributed by atoms with Crippen LogP contribution in [0.3, 0.4) is 0 Å². The van der Waals surface area contributed by atoms with Gasteiger partial charge in [0.05, 0.1) is 11.4 Å². The molecule has 0 bridgehead atoms. The van der Waals surface area contributed by atoms with Crippen molar-refractivity contribution in [2.75, 3.05) is 18.4 Å². The van der Waals surface area contributed by atoms with Crippen LogP contribution >= 0.6 is 31.9 Å². The number of carbonyl (C=O) groups is 1. The molecule has 1 N–H and O–H groups in total. The Labute approximate surface area is 206 Å². The smallest absolute Gasteiger partial charge is 0.243 e. The molecule has 0 aliphatic carbocycles. The van der Waals surface area contributed by atoms with Crippen LogP contribution in [0.25, 0.3) is 0 Å². The number of nitrogens with zero attached hydrogens (tertiary/aromatic N) is 1. The van der Waals surface area contributed by atoms with Crippen molar-refractivity contribution in [1.29, 1.82) is 0 Å². The fraction of sp³-hybridized carbons (Fsp3) is 0.208. The molecule has 0 spiro atoms. The van der Waals surface area contributed by atoms with E-state index in [1.165, 1.54) is 16.4 Å². The number of halogens is 2. The van der Waals surface area contributed by atoms with E-state index in [1.807, 2.05) is 56.3 Å². The summed E-state index contributed by atoms with van der Waals surface area (Å²) in [6.45, 7) is 3.71. The Morgan fingerprint density at radius 3 is 2.09 bits per heavy atom. The molecule has 3 aromatic carbocycles. The standard InChI is InChI=1S/C24H24Br2N2O3S/c1-17-14-21(26)15-18(2)24(17)27-23(29)16-28(13-12-19-6-4-3-5-7-19)32(30,31)22-10-8-20(25)9-11-22/h3-11,14-15H,12-13,16H2,1-2H3,(H,27,29). The molecule has 0 fully saturated rings. The second-order valence-corrected chi connectivity index (χ2v) is 11.3. The molecule has 0 heterocycles. The summed E-state index contributed by atoms with van der Waals surface area (Å²) in [5, 5.41) is 2.89. The summed E-state index contributed by atoms with van der Waals surface area (Å²) in [5.41, 5.74) is 3.50. The van der Waals surface area contributed by atoms with E-state index in [0.717, 1.165) is 25.6 Å². The molecule has 1 amide bonds. The van der Waals surface area contributed by atoms with Crippen LogP contribution in [-0.2, 0) is 21.2 Å². The number of hydrogen-bond acceptors (Lipinski definition) is 3. The fourth-order valence-corrected chi connectivity index (χ4v) is 5.73. The predicted octanol–water partition coefficient (Wildman–Crippen LogP) is 5.70. The molecule has 5 nitrogen and oxygen atoms in total. The fourth-order valence-electron chi connectivity index (χ4n) is 3.39. The highest BCUT2D eigenvalue weighted by Gasteiger charge is 2.27. The number of nitrogens with one attached hydrogen (secondary N) is 1. The van der Waals surface area contributed by atoms with Gasteiger partial charge in [-0.05, 0) is 73.4 Å². The molecule has 0 unspecified atom stereocenters. The van der Waals surface area contributed by atoms with Gasteiger partial charge in [-0.3, -0.25) is 4.79 Å². The van der Waals surface area contributed by atoms with Gasteiger partial charge in [0.25, 0.3) is 0 Å². The number of rotatable bonds is 8. The SMILES string of the molecule is Cc1cc(Br)cc(C)c1NC(=O)CN(CCc1ccccc1)S(=O)(=O)c1ccc(Br)cc1. The van der Waals surface area contributed by atoms with Crippen LogP contribution in [0.2, 0.25) is 0 Å². The van der Waals surface area contributed by atoms with Crippen LogP contribution in [0.4, 0.5) is 5.69 Å². The quantitative estimate of drug-likeness (QED) is 0.372. The maximum absolute atomic E-state index is 13.4. The third kappa shape index (κ3) is 6.28. The molecule has 0 atom stereocenters. The van der Waals surface area contributed by atoms with Crippen molar-refractivity contribution < 1.29 is 13.2 Å². The Hall–Kier alpha value is -2.00. The molecule has 0 saturated heterocycles.